The minimum Gasteiger partial charge on any atom is -0.477 e. The van der Waals surface area contributed by atoms with E-state index in [1.165, 1.54) is 19.3 Å². The third-order valence-corrected chi connectivity index (χ3v) is 3.15. The molecule has 0 aliphatic carbocycles. The highest BCUT2D eigenvalue weighted by atomic mass is 16.4. The Morgan fingerprint density at radius 1 is 1.25 bits per heavy atom. The van der Waals surface area contributed by atoms with Crippen LogP contribution in [0.3, 0.4) is 0 Å². The van der Waals surface area contributed by atoms with Crippen molar-refractivity contribution in [2.75, 3.05) is 19.6 Å². The zero-order chi connectivity index (χ0) is 11.4. The summed E-state index contributed by atoms with van der Waals surface area (Å²) in [5, 5.41) is 8.96. The summed E-state index contributed by atoms with van der Waals surface area (Å²) in [7, 11) is 0. The fourth-order valence-corrected chi connectivity index (χ4v) is 2.24. The van der Waals surface area contributed by atoms with Gasteiger partial charge in [-0.25, -0.2) is 4.79 Å². The summed E-state index contributed by atoms with van der Waals surface area (Å²) in [6.07, 6.45) is 5.72. The topological polar surface area (TPSA) is 45.5 Å². The Morgan fingerprint density at radius 3 is 2.69 bits per heavy atom. The van der Waals surface area contributed by atoms with Gasteiger partial charge in [-0.2, -0.15) is 0 Å². The molecule has 0 saturated carbocycles. The molecule has 1 aliphatic rings. The van der Waals surface area contributed by atoms with E-state index >= 15 is 0 Å². The first kappa shape index (κ1) is 11.2. The lowest BCUT2D eigenvalue weighted by molar-refractivity contribution is 0.0684. The van der Waals surface area contributed by atoms with Gasteiger partial charge in [0.1, 0.15) is 5.69 Å². The third kappa shape index (κ3) is 2.64. The Morgan fingerprint density at radius 2 is 2.00 bits per heavy atom. The second kappa shape index (κ2) is 5.16. The van der Waals surface area contributed by atoms with Gasteiger partial charge >= 0.3 is 5.97 Å². The zero-order valence-corrected chi connectivity index (χ0v) is 9.43. The molecule has 0 bridgehead atoms. The number of likely N-dealkylation sites (tertiary alicyclic amines) is 1. The highest BCUT2D eigenvalue weighted by Gasteiger charge is 2.12. The standard InChI is InChI=1S/C12H18N2O2/c15-12(16)11-5-4-8-14(11)10-9-13-6-2-1-3-7-13/h4-5,8H,1-3,6-7,9-10H2,(H,15,16). The summed E-state index contributed by atoms with van der Waals surface area (Å²) in [6.45, 7) is 4.04. The number of piperidine rings is 1. The van der Waals surface area contributed by atoms with E-state index in [1.54, 1.807) is 12.1 Å². The highest BCUT2D eigenvalue weighted by molar-refractivity contribution is 5.85. The van der Waals surface area contributed by atoms with Crippen LogP contribution in [0.1, 0.15) is 29.8 Å². The summed E-state index contributed by atoms with van der Waals surface area (Å²) in [6, 6.07) is 3.44. The maximum atomic E-state index is 10.9. The Labute approximate surface area is 95.5 Å². The van der Waals surface area contributed by atoms with Gasteiger partial charge in [0, 0.05) is 19.3 Å². The van der Waals surface area contributed by atoms with Crippen molar-refractivity contribution >= 4 is 5.97 Å². The second-order valence-electron chi connectivity index (χ2n) is 4.29. The number of carboxylic acids is 1. The van der Waals surface area contributed by atoms with E-state index in [2.05, 4.69) is 4.90 Å². The van der Waals surface area contributed by atoms with Crippen LogP contribution in [0.25, 0.3) is 0 Å². The van der Waals surface area contributed by atoms with Crippen LogP contribution >= 0.6 is 0 Å². The molecule has 0 atom stereocenters. The van der Waals surface area contributed by atoms with Crippen LogP contribution < -0.4 is 0 Å². The van der Waals surface area contributed by atoms with Gasteiger partial charge in [-0.15, -0.1) is 0 Å². The van der Waals surface area contributed by atoms with E-state index in [-0.39, 0.29) is 0 Å². The number of hydrogen-bond donors (Lipinski definition) is 1. The van der Waals surface area contributed by atoms with Gasteiger partial charge in [0.05, 0.1) is 0 Å². The lowest BCUT2D eigenvalue weighted by Gasteiger charge is -2.26. The van der Waals surface area contributed by atoms with Crippen molar-refractivity contribution in [2.45, 2.75) is 25.8 Å². The molecule has 1 aliphatic heterocycles. The van der Waals surface area contributed by atoms with Crippen molar-refractivity contribution in [3.8, 4) is 0 Å². The van der Waals surface area contributed by atoms with Gasteiger partial charge in [-0.3, -0.25) is 0 Å². The lowest BCUT2D eigenvalue weighted by Crippen LogP contribution is -2.32. The molecular formula is C12H18N2O2. The highest BCUT2D eigenvalue weighted by Crippen LogP contribution is 2.09. The molecule has 0 amide bonds. The molecule has 1 N–H and O–H groups in total. The Kier molecular flexibility index (Phi) is 3.62. The number of rotatable bonds is 4. The molecule has 0 aromatic carbocycles. The van der Waals surface area contributed by atoms with E-state index in [0.29, 0.717) is 5.69 Å². The second-order valence-corrected chi connectivity index (χ2v) is 4.29. The van der Waals surface area contributed by atoms with Crippen LogP contribution in [0.15, 0.2) is 18.3 Å². The number of aromatic carboxylic acids is 1. The predicted octanol–water partition coefficient (Wildman–Crippen LogP) is 1.67. The van der Waals surface area contributed by atoms with Gasteiger partial charge in [-0.1, -0.05) is 6.42 Å². The Bertz CT molecular complexity index is 354. The van der Waals surface area contributed by atoms with Crippen LogP contribution in [0, 0.1) is 0 Å². The molecule has 2 heterocycles. The van der Waals surface area contributed by atoms with Crippen LogP contribution in [-0.2, 0) is 6.54 Å². The summed E-state index contributed by atoms with van der Waals surface area (Å²) in [5.74, 6) is -0.844. The first-order valence-corrected chi connectivity index (χ1v) is 5.88. The van der Waals surface area contributed by atoms with Crippen molar-refractivity contribution in [3.05, 3.63) is 24.0 Å². The van der Waals surface area contributed by atoms with Crippen molar-refractivity contribution in [2.24, 2.45) is 0 Å². The molecule has 88 valence electrons. The number of hydrogen-bond acceptors (Lipinski definition) is 2. The first-order chi connectivity index (χ1) is 7.77. The van der Waals surface area contributed by atoms with Crippen LogP contribution in [0.4, 0.5) is 0 Å². The Hall–Kier alpha value is -1.29. The molecule has 0 spiro atoms. The molecule has 1 aromatic heterocycles. The molecule has 1 fully saturated rings. The van der Waals surface area contributed by atoms with E-state index in [0.717, 1.165) is 26.2 Å². The maximum absolute atomic E-state index is 10.9. The van der Waals surface area contributed by atoms with Crippen molar-refractivity contribution in [3.63, 3.8) is 0 Å². The molecular weight excluding hydrogens is 204 g/mol. The van der Waals surface area contributed by atoms with Crippen molar-refractivity contribution in [1.29, 1.82) is 0 Å². The number of carbonyl (C=O) groups is 1. The summed E-state index contributed by atoms with van der Waals surface area (Å²) >= 11 is 0. The predicted molar refractivity (Wildman–Crippen MR) is 61.7 cm³/mol. The van der Waals surface area contributed by atoms with E-state index in [1.807, 2.05) is 10.8 Å². The van der Waals surface area contributed by atoms with Gasteiger partial charge in [0.2, 0.25) is 0 Å². The number of carboxylic acid groups (broad SMARTS) is 1. The quantitative estimate of drug-likeness (QED) is 0.843. The number of nitrogens with zero attached hydrogens (tertiary/aromatic N) is 2. The van der Waals surface area contributed by atoms with E-state index in [4.69, 9.17) is 5.11 Å². The lowest BCUT2D eigenvalue weighted by atomic mass is 10.1. The molecule has 0 unspecified atom stereocenters. The van der Waals surface area contributed by atoms with Crippen molar-refractivity contribution < 1.29 is 9.90 Å². The molecule has 1 aromatic rings. The molecule has 1 saturated heterocycles. The number of aromatic nitrogens is 1. The minimum absolute atomic E-state index is 0.386. The van der Waals surface area contributed by atoms with Gasteiger partial charge in [0.25, 0.3) is 0 Å². The van der Waals surface area contributed by atoms with Crippen LogP contribution in [-0.4, -0.2) is 40.2 Å². The average molecular weight is 222 g/mol. The Balaban J connectivity index is 1.88. The SMILES string of the molecule is O=C(O)c1cccn1CCN1CCCCC1. The van der Waals surface area contributed by atoms with Crippen LogP contribution in [0.2, 0.25) is 0 Å². The largest absolute Gasteiger partial charge is 0.477 e. The molecule has 0 radical (unpaired) electrons. The first-order valence-electron chi connectivity index (χ1n) is 5.88. The fraction of sp³-hybridized carbons (Fsp3) is 0.583. The molecule has 4 heteroatoms. The smallest absolute Gasteiger partial charge is 0.352 e. The van der Waals surface area contributed by atoms with Gasteiger partial charge in [-0.05, 0) is 38.1 Å². The summed E-state index contributed by atoms with van der Waals surface area (Å²) < 4.78 is 1.82. The molecule has 4 nitrogen and oxygen atoms in total. The minimum atomic E-state index is -0.844. The fourth-order valence-electron chi connectivity index (χ4n) is 2.24. The molecule has 16 heavy (non-hydrogen) atoms. The summed E-state index contributed by atoms with van der Waals surface area (Å²) in [5.41, 5.74) is 0.386. The van der Waals surface area contributed by atoms with E-state index in [9.17, 15) is 4.79 Å². The monoisotopic (exact) mass is 222 g/mol. The van der Waals surface area contributed by atoms with Gasteiger partial charge in [0.15, 0.2) is 0 Å². The normalized spacial score (nSPS) is 17.5. The molecule has 2 rings (SSSR count). The summed E-state index contributed by atoms with van der Waals surface area (Å²) in [4.78, 5) is 13.3. The van der Waals surface area contributed by atoms with Crippen LogP contribution in [0.5, 0.6) is 0 Å². The average Bonchev–Trinajstić information content (AvgIpc) is 2.76. The van der Waals surface area contributed by atoms with Gasteiger partial charge < -0.3 is 14.6 Å². The zero-order valence-electron chi connectivity index (χ0n) is 9.43. The maximum Gasteiger partial charge on any atom is 0.352 e. The van der Waals surface area contributed by atoms with E-state index < -0.39 is 5.97 Å². The van der Waals surface area contributed by atoms with Crippen molar-refractivity contribution in [1.82, 2.24) is 9.47 Å². The third-order valence-electron chi connectivity index (χ3n) is 3.15.